The normalized spacial score (nSPS) is 18.0. The minimum Gasteiger partial charge on any atom is -0.497 e. The third-order valence-corrected chi connectivity index (χ3v) is 11.8. The van der Waals surface area contributed by atoms with Crippen molar-refractivity contribution in [2.24, 2.45) is 0 Å². The second-order valence-corrected chi connectivity index (χ2v) is 19.0. The van der Waals surface area contributed by atoms with Gasteiger partial charge in [0.05, 0.1) is 34.0 Å². The van der Waals surface area contributed by atoms with Crippen molar-refractivity contribution < 1.29 is 61.6 Å². The number of aryl methyl sites for hydroxylation is 1. The molecule has 0 spiro atoms. The molecule has 0 bridgehead atoms. The van der Waals surface area contributed by atoms with Crippen molar-refractivity contribution in [2.75, 3.05) is 34.0 Å². The van der Waals surface area contributed by atoms with Crippen molar-refractivity contribution in [1.29, 1.82) is 0 Å². The maximum atomic E-state index is 14.2. The molecule has 0 saturated carbocycles. The lowest BCUT2D eigenvalue weighted by Crippen LogP contribution is -2.52. The lowest BCUT2D eigenvalue weighted by Gasteiger charge is -2.37. The van der Waals surface area contributed by atoms with Gasteiger partial charge in [-0.25, -0.2) is 14.2 Å². The van der Waals surface area contributed by atoms with E-state index in [2.05, 4.69) is 33.2 Å². The van der Waals surface area contributed by atoms with Gasteiger partial charge in [0.2, 0.25) is 11.8 Å². The van der Waals surface area contributed by atoms with E-state index in [1.54, 1.807) is 59.3 Å². The van der Waals surface area contributed by atoms with E-state index < -0.39 is 96.8 Å². The Kier molecular flexibility index (Phi) is 17.0. The molecule has 6 atom stereocenters. The number of aromatic nitrogens is 2. The number of hydrogen-bond donors (Lipinski definition) is 6. The number of amides is 3. The highest BCUT2D eigenvalue weighted by molar-refractivity contribution is 8.44. The van der Waals surface area contributed by atoms with Crippen LogP contribution in [0.2, 0.25) is 0 Å². The number of aliphatic carboxylic acids is 1. The molecule has 0 radical (unpaired) electrons. The van der Waals surface area contributed by atoms with Gasteiger partial charge in [-0.15, -0.1) is 0 Å². The average molecular weight is 956 g/mol. The molecular formula is C44H54N5O15PS. The van der Waals surface area contributed by atoms with Crippen molar-refractivity contribution >= 4 is 42.9 Å². The molecule has 1 aliphatic heterocycles. The van der Waals surface area contributed by atoms with Crippen LogP contribution in [0.25, 0.3) is 0 Å². The van der Waals surface area contributed by atoms with Crippen LogP contribution in [0.1, 0.15) is 62.6 Å². The summed E-state index contributed by atoms with van der Waals surface area (Å²) < 4.78 is 56.7. The molecule has 3 amide bonds. The molecule has 1 aromatic heterocycles. The Morgan fingerprint density at radius 3 is 2.05 bits per heavy atom. The first kappa shape index (κ1) is 51.0. The van der Waals surface area contributed by atoms with Crippen molar-refractivity contribution in [3.63, 3.8) is 0 Å². The molecule has 20 nitrogen and oxygen atoms in total. The molecule has 5 rings (SSSR count). The third kappa shape index (κ3) is 13.3. The van der Waals surface area contributed by atoms with E-state index in [0.717, 1.165) is 4.57 Å². The number of benzene rings is 3. The number of carboxylic acids is 1. The number of carbonyl (C=O) groups is 4. The Labute approximate surface area is 385 Å². The van der Waals surface area contributed by atoms with Gasteiger partial charge in [0.25, 0.3) is 5.56 Å². The topological polar surface area (TPSA) is 261 Å². The summed E-state index contributed by atoms with van der Waals surface area (Å²) in [5, 5.41) is 15.9. The fraction of sp³-hybridized carbons (Fsp3) is 0.409. The highest BCUT2D eigenvalue weighted by atomic mass is 32.7. The first-order valence-corrected chi connectivity index (χ1v) is 23.3. The smallest absolute Gasteiger partial charge is 0.408 e. The summed E-state index contributed by atoms with van der Waals surface area (Å²) in [6.45, 7) is 1.11. The number of nitrogens with zero attached hydrogens (tertiary/aromatic N) is 1. The van der Waals surface area contributed by atoms with Crippen LogP contribution in [0, 0.1) is 6.92 Å². The molecule has 1 fully saturated rings. The molecule has 1 saturated heterocycles. The summed E-state index contributed by atoms with van der Waals surface area (Å²) >= 11 is 4.23. The molecule has 2 heterocycles. The van der Waals surface area contributed by atoms with Gasteiger partial charge in [-0.2, -0.15) is 0 Å². The molecular weight excluding hydrogens is 902 g/mol. The van der Waals surface area contributed by atoms with Crippen LogP contribution in [0.3, 0.4) is 0 Å². The number of carbonyl (C=O) groups excluding carboxylic acids is 3. The predicted octanol–water partition coefficient (Wildman–Crippen LogP) is 4.20. The van der Waals surface area contributed by atoms with Gasteiger partial charge in [0.1, 0.15) is 53.2 Å². The highest BCUT2D eigenvalue weighted by Gasteiger charge is 2.45. The number of rotatable bonds is 20. The van der Waals surface area contributed by atoms with E-state index in [0.29, 0.717) is 28.2 Å². The zero-order valence-electron chi connectivity index (χ0n) is 37.3. The quantitative estimate of drug-likeness (QED) is 0.0412. The Morgan fingerprint density at radius 2 is 1.50 bits per heavy atom. The summed E-state index contributed by atoms with van der Waals surface area (Å²) in [4.78, 5) is 77.5. The van der Waals surface area contributed by atoms with Gasteiger partial charge in [-0.1, -0.05) is 66.8 Å². The highest BCUT2D eigenvalue weighted by Crippen LogP contribution is 2.56. The van der Waals surface area contributed by atoms with Gasteiger partial charge in [0, 0.05) is 18.2 Å². The summed E-state index contributed by atoms with van der Waals surface area (Å²) in [6, 6.07) is 21.0. The van der Waals surface area contributed by atoms with E-state index in [-0.39, 0.29) is 18.6 Å². The Morgan fingerprint density at radius 1 is 0.924 bits per heavy atom. The van der Waals surface area contributed by atoms with Gasteiger partial charge >= 0.3 is 24.5 Å². The van der Waals surface area contributed by atoms with E-state index >= 15 is 0 Å². The Balaban J connectivity index is 1.47. The van der Waals surface area contributed by atoms with Gasteiger partial charge < -0.3 is 44.7 Å². The third-order valence-electron chi connectivity index (χ3n) is 10.1. The lowest BCUT2D eigenvalue weighted by molar-refractivity contribution is -0.141. The van der Waals surface area contributed by atoms with Crippen LogP contribution < -0.4 is 36.7 Å². The molecule has 3 aromatic carbocycles. The summed E-state index contributed by atoms with van der Waals surface area (Å²) in [7, 11) is 3.10. The number of methoxy groups -OCH3 is 2. The zero-order valence-corrected chi connectivity index (χ0v) is 39.1. The largest absolute Gasteiger partial charge is 0.497 e. The fourth-order valence-corrected chi connectivity index (χ4v) is 8.39. The van der Waals surface area contributed by atoms with E-state index in [1.165, 1.54) is 20.0 Å². The van der Waals surface area contributed by atoms with E-state index in [4.69, 9.17) is 37.8 Å². The zero-order chi connectivity index (χ0) is 48.4. The molecule has 1 aliphatic rings. The number of ether oxygens (including phenoxy) is 5. The maximum absolute atomic E-state index is 14.2. The minimum absolute atomic E-state index is 0.152. The van der Waals surface area contributed by atoms with Crippen molar-refractivity contribution in [3.05, 3.63) is 128 Å². The van der Waals surface area contributed by atoms with Gasteiger partial charge in [-0.05, 0) is 75.6 Å². The van der Waals surface area contributed by atoms with Crippen LogP contribution in [-0.4, -0.2) is 102 Å². The van der Waals surface area contributed by atoms with Crippen molar-refractivity contribution in [1.82, 2.24) is 25.5 Å². The number of thiol groups is 1. The van der Waals surface area contributed by atoms with Crippen LogP contribution in [-0.2, 0) is 47.8 Å². The molecule has 0 aliphatic carbocycles. The van der Waals surface area contributed by atoms with E-state index in [1.807, 2.05) is 54.6 Å². The van der Waals surface area contributed by atoms with Gasteiger partial charge in [0.15, 0.2) is 0 Å². The number of nitrogens with one attached hydrogen (secondary N) is 4. The Hall–Kier alpha value is -5.96. The number of hydrogen-bond acceptors (Lipinski definition) is 14. The molecule has 22 heteroatoms. The molecule has 356 valence electrons. The Bertz CT molecular complexity index is 2450. The SMILES string of the molecule is COc1ccc(C(OC[C@H]2O[C@@H](n3cc(C)c(=O)[nH]c3=O)C[C@@H]2O[P@@](=O)(S)OC[C@H](NC(=O)OC(C)(C)C)C(=O)NCC(=O)N[C@@H](C)C(=O)O)(c2ccccc2)c2ccc(OC)cc2)cc1. The van der Waals surface area contributed by atoms with Gasteiger partial charge in [-0.3, -0.25) is 37.8 Å². The lowest BCUT2D eigenvalue weighted by atomic mass is 9.80. The number of alkyl carbamates (subject to hydrolysis) is 1. The number of H-pyrrole nitrogens is 1. The summed E-state index contributed by atoms with van der Waals surface area (Å²) in [5.74, 6) is -1.97. The maximum Gasteiger partial charge on any atom is 0.408 e. The monoisotopic (exact) mass is 955 g/mol. The van der Waals surface area contributed by atoms with Crippen molar-refractivity contribution in [2.45, 2.75) is 82.8 Å². The van der Waals surface area contributed by atoms with Crippen molar-refractivity contribution in [3.8, 4) is 11.5 Å². The fourth-order valence-electron chi connectivity index (χ4n) is 6.86. The van der Waals surface area contributed by atoms with E-state index in [9.17, 15) is 33.3 Å². The van der Waals surface area contributed by atoms with Crippen LogP contribution in [0.4, 0.5) is 4.79 Å². The first-order chi connectivity index (χ1) is 31.1. The average Bonchev–Trinajstić information content (AvgIpc) is 3.66. The molecule has 0 unspecified atom stereocenters. The molecule has 66 heavy (non-hydrogen) atoms. The summed E-state index contributed by atoms with van der Waals surface area (Å²) in [6.07, 6.45) is -3.32. The second kappa shape index (κ2) is 22.0. The summed E-state index contributed by atoms with van der Waals surface area (Å²) in [5.41, 5.74) is -1.47. The molecule has 5 N–H and O–H groups in total. The second-order valence-electron chi connectivity index (χ2n) is 16.1. The number of aromatic amines is 1. The standard InChI is InChI=1S/C44H54N5O15PS/c1-26-23-49(41(55)48-38(26)51)37-21-34(64-65(57,66)61-24-33(47-42(56)63-43(3,4)5)39(52)45-22-36(50)46-27(2)40(53)54)35(62-37)25-60-44(28-11-9-8-10-12-28,29-13-17-31(58-6)18-14-29)30-15-19-32(59-7)20-16-30/h8-20,23,27,33-35,37H,21-22,24-25H2,1-7H3,(H,45,52)(H,46,50)(H,47,56)(H,53,54)(H,57,66)(H,48,51,55)/t27-,33-,34-,35+,37+,65-/m0/s1. The minimum atomic E-state index is -4.56. The molecule has 4 aromatic rings. The number of carboxylic acid groups (broad SMARTS) is 1. The predicted molar refractivity (Wildman–Crippen MR) is 242 cm³/mol. The van der Waals surface area contributed by atoms with Crippen LogP contribution in [0.5, 0.6) is 11.5 Å². The van der Waals surface area contributed by atoms with Crippen LogP contribution in [0.15, 0.2) is 94.6 Å². The first-order valence-electron chi connectivity index (χ1n) is 20.6. The van der Waals surface area contributed by atoms with Crippen LogP contribution >= 0.6 is 19.0 Å².